The molecule has 1 N–H and O–H groups in total. The van der Waals surface area contributed by atoms with Crippen molar-refractivity contribution in [3.05, 3.63) is 12.2 Å². The summed E-state index contributed by atoms with van der Waals surface area (Å²) in [4.78, 5) is 23.6. The van der Waals surface area contributed by atoms with Gasteiger partial charge in [0.15, 0.2) is 5.78 Å². The van der Waals surface area contributed by atoms with Gasteiger partial charge >= 0.3 is 6.09 Å². The molecule has 0 radical (unpaired) electrons. The van der Waals surface area contributed by atoms with Crippen LogP contribution < -0.4 is 5.32 Å². The molecule has 0 bridgehead atoms. The second-order valence-corrected chi connectivity index (χ2v) is 5.98. The van der Waals surface area contributed by atoms with E-state index < -0.39 is 6.09 Å². The highest BCUT2D eigenvalue weighted by atomic mass is 16.5. The SMILES string of the molecule is CCC/C=C/C(=O)C[C@@H](CCCCCCCC)NC(=O)OCC. The molecular formula is C19H35NO3. The predicted octanol–water partition coefficient (Wildman–Crippen LogP) is 5.17. The molecule has 0 spiro atoms. The molecule has 0 aliphatic rings. The average Bonchev–Trinajstić information content (AvgIpc) is 2.51. The number of allylic oxidation sites excluding steroid dienone is 2. The van der Waals surface area contributed by atoms with Crippen molar-refractivity contribution in [1.82, 2.24) is 5.32 Å². The van der Waals surface area contributed by atoms with Gasteiger partial charge in [-0.05, 0) is 25.8 Å². The van der Waals surface area contributed by atoms with E-state index in [1.54, 1.807) is 13.0 Å². The molecule has 0 rings (SSSR count). The summed E-state index contributed by atoms with van der Waals surface area (Å²) < 4.78 is 4.93. The minimum Gasteiger partial charge on any atom is -0.450 e. The number of ketones is 1. The number of rotatable bonds is 14. The van der Waals surface area contributed by atoms with Crippen molar-refractivity contribution >= 4 is 11.9 Å². The van der Waals surface area contributed by atoms with Gasteiger partial charge in [0.25, 0.3) is 0 Å². The minimum atomic E-state index is -0.422. The Labute approximate surface area is 142 Å². The average molecular weight is 325 g/mol. The van der Waals surface area contributed by atoms with Crippen molar-refractivity contribution < 1.29 is 14.3 Å². The maximum atomic E-state index is 12.0. The summed E-state index contributed by atoms with van der Waals surface area (Å²) in [6, 6.07) is -0.126. The number of nitrogens with one attached hydrogen (secondary N) is 1. The van der Waals surface area contributed by atoms with Gasteiger partial charge in [-0.3, -0.25) is 4.79 Å². The largest absolute Gasteiger partial charge is 0.450 e. The number of hydrogen-bond donors (Lipinski definition) is 1. The second kappa shape index (κ2) is 15.6. The van der Waals surface area contributed by atoms with Crippen LogP contribution in [0.5, 0.6) is 0 Å². The fourth-order valence-corrected chi connectivity index (χ4v) is 2.43. The Morgan fingerprint density at radius 1 is 1.00 bits per heavy atom. The molecular weight excluding hydrogens is 290 g/mol. The van der Waals surface area contributed by atoms with Crippen LogP contribution in [0, 0.1) is 0 Å². The molecule has 134 valence electrons. The Bertz CT molecular complexity index is 340. The Morgan fingerprint density at radius 3 is 2.35 bits per heavy atom. The van der Waals surface area contributed by atoms with Crippen molar-refractivity contribution in [2.45, 2.75) is 91.0 Å². The lowest BCUT2D eigenvalue weighted by molar-refractivity contribution is -0.115. The number of amides is 1. The molecule has 4 nitrogen and oxygen atoms in total. The lowest BCUT2D eigenvalue weighted by Gasteiger charge is -2.17. The summed E-state index contributed by atoms with van der Waals surface area (Å²) in [6.45, 7) is 6.41. The number of carbonyl (C=O) groups excluding carboxylic acids is 2. The van der Waals surface area contributed by atoms with Gasteiger partial charge in [-0.2, -0.15) is 0 Å². The van der Waals surface area contributed by atoms with E-state index in [1.807, 2.05) is 6.08 Å². The topological polar surface area (TPSA) is 55.4 Å². The van der Waals surface area contributed by atoms with Crippen molar-refractivity contribution in [3.8, 4) is 0 Å². The van der Waals surface area contributed by atoms with Gasteiger partial charge in [-0.1, -0.05) is 64.9 Å². The first kappa shape index (κ1) is 21.7. The van der Waals surface area contributed by atoms with Crippen LogP contribution in [0.2, 0.25) is 0 Å². The summed E-state index contributed by atoms with van der Waals surface area (Å²) in [6.07, 6.45) is 13.5. The van der Waals surface area contributed by atoms with Crippen molar-refractivity contribution in [2.24, 2.45) is 0 Å². The van der Waals surface area contributed by atoms with E-state index in [2.05, 4.69) is 19.2 Å². The van der Waals surface area contributed by atoms with E-state index in [-0.39, 0.29) is 11.8 Å². The molecule has 0 aromatic rings. The van der Waals surface area contributed by atoms with E-state index in [9.17, 15) is 9.59 Å². The molecule has 0 unspecified atom stereocenters. The molecule has 0 aliphatic carbocycles. The van der Waals surface area contributed by atoms with Crippen LogP contribution in [0.1, 0.15) is 85.0 Å². The molecule has 23 heavy (non-hydrogen) atoms. The van der Waals surface area contributed by atoms with E-state index in [0.29, 0.717) is 13.0 Å². The molecule has 4 heteroatoms. The lowest BCUT2D eigenvalue weighted by atomic mass is 10.0. The zero-order valence-corrected chi connectivity index (χ0v) is 15.2. The summed E-state index contributed by atoms with van der Waals surface area (Å²) in [5, 5.41) is 2.83. The van der Waals surface area contributed by atoms with Crippen molar-refractivity contribution in [2.75, 3.05) is 6.61 Å². The van der Waals surface area contributed by atoms with Crippen LogP contribution in [0.4, 0.5) is 4.79 Å². The summed E-state index contributed by atoms with van der Waals surface area (Å²) in [5.41, 5.74) is 0. The monoisotopic (exact) mass is 325 g/mol. The fraction of sp³-hybridized carbons (Fsp3) is 0.789. The predicted molar refractivity (Wildman–Crippen MR) is 95.6 cm³/mol. The van der Waals surface area contributed by atoms with Gasteiger partial charge in [0, 0.05) is 12.5 Å². The zero-order valence-electron chi connectivity index (χ0n) is 15.2. The molecule has 0 fully saturated rings. The Morgan fingerprint density at radius 2 is 1.70 bits per heavy atom. The third-order valence-electron chi connectivity index (χ3n) is 3.71. The van der Waals surface area contributed by atoms with E-state index in [1.165, 1.54) is 25.7 Å². The molecule has 0 aromatic carbocycles. The van der Waals surface area contributed by atoms with E-state index in [4.69, 9.17) is 4.74 Å². The first-order valence-electron chi connectivity index (χ1n) is 9.26. The van der Waals surface area contributed by atoms with Gasteiger partial charge < -0.3 is 10.1 Å². The van der Waals surface area contributed by atoms with Gasteiger partial charge in [0.2, 0.25) is 0 Å². The summed E-state index contributed by atoms with van der Waals surface area (Å²) >= 11 is 0. The minimum absolute atomic E-state index is 0.0752. The smallest absolute Gasteiger partial charge is 0.407 e. The van der Waals surface area contributed by atoms with Crippen LogP contribution >= 0.6 is 0 Å². The Kier molecular flexibility index (Phi) is 14.7. The number of unbranched alkanes of at least 4 members (excludes halogenated alkanes) is 6. The number of ether oxygens (including phenoxy) is 1. The van der Waals surface area contributed by atoms with Crippen molar-refractivity contribution in [3.63, 3.8) is 0 Å². The number of alkyl carbamates (subject to hydrolysis) is 1. The Balaban J connectivity index is 4.22. The second-order valence-electron chi connectivity index (χ2n) is 5.98. The maximum Gasteiger partial charge on any atom is 0.407 e. The maximum absolute atomic E-state index is 12.0. The third-order valence-corrected chi connectivity index (χ3v) is 3.71. The van der Waals surface area contributed by atoms with E-state index >= 15 is 0 Å². The highest BCUT2D eigenvalue weighted by Gasteiger charge is 2.15. The highest BCUT2D eigenvalue weighted by Crippen LogP contribution is 2.11. The van der Waals surface area contributed by atoms with Crippen molar-refractivity contribution in [1.29, 1.82) is 0 Å². The molecule has 1 amide bonds. The first-order valence-corrected chi connectivity index (χ1v) is 9.26. The number of carbonyl (C=O) groups is 2. The van der Waals surface area contributed by atoms with Gasteiger partial charge in [-0.15, -0.1) is 0 Å². The van der Waals surface area contributed by atoms with Gasteiger partial charge in [0.1, 0.15) is 0 Å². The molecule has 1 atom stereocenters. The number of hydrogen-bond acceptors (Lipinski definition) is 3. The highest BCUT2D eigenvalue weighted by molar-refractivity contribution is 5.90. The van der Waals surface area contributed by atoms with E-state index in [0.717, 1.165) is 32.1 Å². The molecule has 0 saturated heterocycles. The fourth-order valence-electron chi connectivity index (χ4n) is 2.43. The summed E-state index contributed by atoms with van der Waals surface area (Å²) in [7, 11) is 0. The lowest BCUT2D eigenvalue weighted by Crippen LogP contribution is -2.36. The van der Waals surface area contributed by atoms with Crippen LogP contribution in [-0.4, -0.2) is 24.5 Å². The quantitative estimate of drug-likeness (QED) is 0.354. The van der Waals surface area contributed by atoms with Gasteiger partial charge in [0.05, 0.1) is 6.61 Å². The van der Waals surface area contributed by atoms with Crippen LogP contribution in [0.25, 0.3) is 0 Å². The normalized spacial score (nSPS) is 12.3. The first-order chi connectivity index (χ1) is 11.1. The molecule has 0 aromatic heterocycles. The standard InChI is InChI=1S/C19H35NO3/c1-4-7-9-10-11-13-14-17(20-19(22)23-6-3)16-18(21)15-12-8-5-2/h12,15,17H,4-11,13-14,16H2,1-3H3,(H,20,22)/b15-12+/t17-/m1/s1. The third kappa shape index (κ3) is 14.0. The van der Waals surface area contributed by atoms with Crippen LogP contribution in [-0.2, 0) is 9.53 Å². The van der Waals surface area contributed by atoms with Crippen LogP contribution in [0.3, 0.4) is 0 Å². The molecule has 0 saturated carbocycles. The molecule has 0 heterocycles. The Hall–Kier alpha value is -1.32. The summed E-state index contributed by atoms with van der Waals surface area (Å²) in [5.74, 6) is 0.0752. The van der Waals surface area contributed by atoms with Crippen LogP contribution in [0.15, 0.2) is 12.2 Å². The zero-order chi connectivity index (χ0) is 17.3. The molecule has 0 aliphatic heterocycles. The van der Waals surface area contributed by atoms with Gasteiger partial charge in [-0.25, -0.2) is 4.79 Å².